The standard InChI is InChI=1S/C25H30N6O2/c1-15-13-27-20-11-16(7-9-30(15)20)5-6-17-12-19(22-21(17)32-25(2,3)33-22)31-10-8-18-23(26-4)28-14-29-24(18)31/h7-11,13-14,17,19,21-22H,5-6,12H2,1-4H3,(H,26,28,29)/t17-,19+,21+,22-/m0/s1. The SMILES string of the molecule is CNc1ncnc2c1ccn2[C@@H]1C[C@H](CCc2ccn3c(C)cnc3c2)[C@H]2OC(C)(C)O[C@H]21. The molecule has 0 unspecified atom stereocenters. The van der Waals surface area contributed by atoms with Crippen molar-refractivity contribution in [2.75, 3.05) is 12.4 Å². The molecule has 0 amide bonds. The fraction of sp³-hybridized carbons (Fsp3) is 0.480. The second-order valence-corrected chi connectivity index (χ2v) is 9.76. The number of aryl methyl sites for hydroxylation is 2. The van der Waals surface area contributed by atoms with E-state index in [4.69, 9.17) is 9.47 Å². The maximum absolute atomic E-state index is 6.44. The molecule has 0 bridgehead atoms. The summed E-state index contributed by atoms with van der Waals surface area (Å²) in [6, 6.07) is 6.67. The number of nitrogens with one attached hydrogen (secondary N) is 1. The molecule has 5 heterocycles. The Labute approximate surface area is 193 Å². The van der Waals surface area contributed by atoms with Crippen molar-refractivity contribution in [3.05, 3.63) is 54.4 Å². The van der Waals surface area contributed by atoms with Crippen molar-refractivity contribution in [2.24, 2.45) is 5.92 Å². The largest absolute Gasteiger partial charge is 0.372 e. The number of pyridine rings is 1. The van der Waals surface area contributed by atoms with Crippen molar-refractivity contribution in [1.82, 2.24) is 23.9 Å². The number of nitrogens with zero attached hydrogens (tertiary/aromatic N) is 5. The number of rotatable bonds is 5. The van der Waals surface area contributed by atoms with Gasteiger partial charge < -0.3 is 23.8 Å². The van der Waals surface area contributed by atoms with Crippen LogP contribution in [0.1, 0.15) is 44.0 Å². The summed E-state index contributed by atoms with van der Waals surface area (Å²) < 4.78 is 17.3. The average Bonchev–Trinajstić information content (AvgIpc) is 3.54. The lowest BCUT2D eigenvalue weighted by atomic mass is 9.96. The summed E-state index contributed by atoms with van der Waals surface area (Å²) in [7, 11) is 1.89. The van der Waals surface area contributed by atoms with Crippen LogP contribution in [-0.4, -0.2) is 49.0 Å². The molecular formula is C25H30N6O2. The predicted molar refractivity (Wildman–Crippen MR) is 126 cm³/mol. The normalized spacial score (nSPS) is 26.3. The summed E-state index contributed by atoms with van der Waals surface area (Å²) in [5.74, 6) is 0.674. The van der Waals surface area contributed by atoms with E-state index >= 15 is 0 Å². The number of hydrogen-bond donors (Lipinski definition) is 1. The van der Waals surface area contributed by atoms with Gasteiger partial charge in [0.15, 0.2) is 5.79 Å². The molecule has 1 saturated carbocycles. The van der Waals surface area contributed by atoms with Crippen molar-refractivity contribution < 1.29 is 9.47 Å². The maximum atomic E-state index is 6.44. The van der Waals surface area contributed by atoms with Gasteiger partial charge in [0.2, 0.25) is 0 Å². The number of ether oxygens (including phenoxy) is 2. The second kappa shape index (κ2) is 7.53. The Balaban J connectivity index is 1.28. The monoisotopic (exact) mass is 446 g/mol. The van der Waals surface area contributed by atoms with E-state index in [0.29, 0.717) is 5.92 Å². The molecule has 1 aliphatic carbocycles. The molecule has 0 spiro atoms. The molecule has 33 heavy (non-hydrogen) atoms. The first kappa shape index (κ1) is 20.6. The van der Waals surface area contributed by atoms with Gasteiger partial charge in [-0.2, -0.15) is 0 Å². The summed E-state index contributed by atoms with van der Waals surface area (Å²) in [5, 5.41) is 4.20. The van der Waals surface area contributed by atoms with Crippen LogP contribution in [0.3, 0.4) is 0 Å². The highest BCUT2D eigenvalue weighted by Gasteiger charge is 2.54. The molecule has 8 heteroatoms. The molecule has 4 aromatic heterocycles. The van der Waals surface area contributed by atoms with Crippen LogP contribution in [0.25, 0.3) is 16.7 Å². The number of imidazole rings is 1. The Hall–Kier alpha value is -2.97. The van der Waals surface area contributed by atoms with Crippen molar-refractivity contribution >= 4 is 22.5 Å². The zero-order valence-corrected chi connectivity index (χ0v) is 19.5. The van der Waals surface area contributed by atoms with Crippen LogP contribution in [0.15, 0.2) is 43.1 Å². The molecule has 1 N–H and O–H groups in total. The van der Waals surface area contributed by atoms with Gasteiger partial charge >= 0.3 is 0 Å². The van der Waals surface area contributed by atoms with Gasteiger partial charge in [0.05, 0.1) is 17.5 Å². The smallest absolute Gasteiger partial charge is 0.163 e. The van der Waals surface area contributed by atoms with Crippen molar-refractivity contribution in [3.63, 3.8) is 0 Å². The van der Waals surface area contributed by atoms with E-state index in [-0.39, 0.29) is 18.2 Å². The Kier molecular flexibility index (Phi) is 4.71. The van der Waals surface area contributed by atoms with Gasteiger partial charge in [0, 0.05) is 31.3 Å². The van der Waals surface area contributed by atoms with Crippen LogP contribution in [0.4, 0.5) is 5.82 Å². The number of hydrogen-bond acceptors (Lipinski definition) is 6. The first-order valence-electron chi connectivity index (χ1n) is 11.7. The Morgan fingerprint density at radius 3 is 2.82 bits per heavy atom. The van der Waals surface area contributed by atoms with Crippen LogP contribution in [0.5, 0.6) is 0 Å². The van der Waals surface area contributed by atoms with Crippen LogP contribution >= 0.6 is 0 Å². The summed E-state index contributed by atoms with van der Waals surface area (Å²) in [5.41, 5.74) is 4.41. The highest BCUT2D eigenvalue weighted by Crippen LogP contribution is 2.49. The second-order valence-electron chi connectivity index (χ2n) is 9.76. The quantitative estimate of drug-likeness (QED) is 0.496. The molecule has 172 valence electrons. The van der Waals surface area contributed by atoms with E-state index in [9.17, 15) is 0 Å². The van der Waals surface area contributed by atoms with Gasteiger partial charge in [0.25, 0.3) is 0 Å². The Morgan fingerprint density at radius 2 is 1.97 bits per heavy atom. The van der Waals surface area contributed by atoms with Crippen molar-refractivity contribution in [1.29, 1.82) is 0 Å². The minimum absolute atomic E-state index is 0.00558. The molecule has 1 aliphatic heterocycles. The third-order valence-corrected chi connectivity index (χ3v) is 7.22. The molecule has 4 aromatic rings. The van der Waals surface area contributed by atoms with Crippen molar-refractivity contribution in [3.8, 4) is 0 Å². The molecule has 2 fully saturated rings. The first-order chi connectivity index (χ1) is 15.9. The fourth-order valence-electron chi connectivity index (χ4n) is 5.71. The van der Waals surface area contributed by atoms with E-state index in [1.807, 2.05) is 27.1 Å². The zero-order valence-electron chi connectivity index (χ0n) is 19.5. The zero-order chi connectivity index (χ0) is 22.7. The van der Waals surface area contributed by atoms with Crippen LogP contribution in [0.2, 0.25) is 0 Å². The molecule has 8 nitrogen and oxygen atoms in total. The van der Waals surface area contributed by atoms with Crippen LogP contribution in [-0.2, 0) is 15.9 Å². The average molecular weight is 447 g/mol. The third-order valence-electron chi connectivity index (χ3n) is 7.22. The lowest BCUT2D eigenvalue weighted by molar-refractivity contribution is -0.160. The van der Waals surface area contributed by atoms with Crippen LogP contribution in [0, 0.1) is 12.8 Å². The number of aromatic nitrogens is 5. The van der Waals surface area contributed by atoms with E-state index in [1.165, 1.54) is 5.56 Å². The maximum Gasteiger partial charge on any atom is 0.163 e. The summed E-state index contributed by atoms with van der Waals surface area (Å²) >= 11 is 0. The molecule has 4 atom stereocenters. The highest BCUT2D eigenvalue weighted by atomic mass is 16.8. The van der Waals surface area contributed by atoms with Gasteiger partial charge in [-0.25, -0.2) is 15.0 Å². The van der Waals surface area contributed by atoms with Gasteiger partial charge in [-0.15, -0.1) is 0 Å². The van der Waals surface area contributed by atoms with Gasteiger partial charge in [-0.1, -0.05) is 0 Å². The minimum atomic E-state index is -0.577. The fourth-order valence-corrected chi connectivity index (χ4v) is 5.71. The number of fused-ring (bicyclic) bond motifs is 3. The minimum Gasteiger partial charge on any atom is -0.372 e. The molecule has 0 radical (unpaired) electrons. The first-order valence-corrected chi connectivity index (χ1v) is 11.7. The summed E-state index contributed by atoms with van der Waals surface area (Å²) in [4.78, 5) is 13.5. The molecule has 2 aliphatic rings. The Morgan fingerprint density at radius 1 is 1.12 bits per heavy atom. The Bertz CT molecular complexity index is 1330. The molecule has 0 aromatic carbocycles. The topological polar surface area (TPSA) is 78.5 Å². The highest BCUT2D eigenvalue weighted by molar-refractivity contribution is 5.87. The van der Waals surface area contributed by atoms with E-state index < -0.39 is 5.79 Å². The summed E-state index contributed by atoms with van der Waals surface area (Å²) in [6.07, 6.45) is 10.9. The molecular weight excluding hydrogens is 416 g/mol. The van der Waals surface area contributed by atoms with Gasteiger partial charge in [-0.05, 0) is 69.7 Å². The van der Waals surface area contributed by atoms with E-state index in [0.717, 1.165) is 47.5 Å². The lowest BCUT2D eigenvalue weighted by Gasteiger charge is -2.24. The van der Waals surface area contributed by atoms with Crippen LogP contribution < -0.4 is 5.32 Å². The van der Waals surface area contributed by atoms with Gasteiger partial charge in [-0.3, -0.25) is 0 Å². The lowest BCUT2D eigenvalue weighted by Crippen LogP contribution is -2.27. The van der Waals surface area contributed by atoms with E-state index in [1.54, 1.807) is 6.33 Å². The number of anilines is 1. The predicted octanol–water partition coefficient (Wildman–Crippen LogP) is 4.14. The van der Waals surface area contributed by atoms with Crippen molar-refractivity contribution in [2.45, 2.75) is 64.1 Å². The van der Waals surface area contributed by atoms with Gasteiger partial charge in [0.1, 0.15) is 29.5 Å². The summed E-state index contributed by atoms with van der Waals surface area (Å²) in [6.45, 7) is 6.11. The molecule has 6 rings (SSSR count). The molecule has 1 saturated heterocycles. The third kappa shape index (κ3) is 3.40. The van der Waals surface area contributed by atoms with E-state index in [2.05, 4.69) is 66.8 Å².